The number of benzene rings is 1. The molecular formula is C50H56N10O6. The summed E-state index contributed by atoms with van der Waals surface area (Å²) in [6, 6.07) is 13.2. The van der Waals surface area contributed by atoms with E-state index in [1.807, 2.05) is 30.6 Å². The predicted octanol–water partition coefficient (Wildman–Crippen LogP) is 5.58. The van der Waals surface area contributed by atoms with Gasteiger partial charge in [-0.05, 0) is 124 Å². The van der Waals surface area contributed by atoms with Crippen molar-refractivity contribution in [1.82, 2.24) is 44.5 Å². The van der Waals surface area contributed by atoms with Gasteiger partial charge in [-0.15, -0.1) is 0 Å². The highest BCUT2D eigenvalue weighted by Crippen LogP contribution is 2.38. The number of ketones is 1. The quantitative estimate of drug-likeness (QED) is 0.110. The third-order valence-electron chi connectivity index (χ3n) is 14.8. The van der Waals surface area contributed by atoms with E-state index in [4.69, 9.17) is 15.0 Å². The van der Waals surface area contributed by atoms with Crippen LogP contribution in [0.5, 0.6) is 0 Å². The summed E-state index contributed by atoms with van der Waals surface area (Å²) in [5.41, 5.74) is 5.62. The number of aromatic nitrogens is 5. The minimum atomic E-state index is -1.01. The summed E-state index contributed by atoms with van der Waals surface area (Å²) in [6.07, 6.45) is 13.1. The highest BCUT2D eigenvalue weighted by atomic mass is 16.3. The Labute approximate surface area is 382 Å². The first-order valence-corrected chi connectivity index (χ1v) is 23.5. The Morgan fingerprint density at radius 3 is 2.33 bits per heavy atom. The third-order valence-corrected chi connectivity index (χ3v) is 14.8. The first-order chi connectivity index (χ1) is 31.9. The van der Waals surface area contributed by atoms with Gasteiger partial charge in [0.1, 0.15) is 17.5 Å². The van der Waals surface area contributed by atoms with Gasteiger partial charge in [-0.2, -0.15) is 4.98 Å². The molecule has 16 nitrogen and oxygen atoms in total. The minimum absolute atomic E-state index is 0.0114. The maximum Gasteiger partial charge on any atom is 0.263 e. The summed E-state index contributed by atoms with van der Waals surface area (Å²) < 4.78 is 1.72. The van der Waals surface area contributed by atoms with E-state index < -0.39 is 17.6 Å². The van der Waals surface area contributed by atoms with E-state index in [-0.39, 0.29) is 47.7 Å². The van der Waals surface area contributed by atoms with Crippen molar-refractivity contribution in [3.63, 3.8) is 0 Å². The van der Waals surface area contributed by atoms with Crippen molar-refractivity contribution in [3.05, 3.63) is 116 Å². The first-order valence-electron chi connectivity index (χ1n) is 23.5. The van der Waals surface area contributed by atoms with Crippen LogP contribution in [0.25, 0.3) is 11.0 Å². The van der Waals surface area contributed by atoms with E-state index in [9.17, 15) is 29.1 Å². The fourth-order valence-electron chi connectivity index (χ4n) is 10.9. The number of pyridine rings is 3. The second kappa shape index (κ2) is 17.9. The van der Waals surface area contributed by atoms with E-state index in [1.54, 1.807) is 28.7 Å². The van der Waals surface area contributed by atoms with Crippen molar-refractivity contribution in [2.75, 3.05) is 31.5 Å². The van der Waals surface area contributed by atoms with Gasteiger partial charge in [0.15, 0.2) is 5.78 Å². The largest absolute Gasteiger partial charge is 0.385 e. The molecule has 1 atom stereocenters. The molecule has 16 heteroatoms. The smallest absolute Gasteiger partial charge is 0.263 e. The van der Waals surface area contributed by atoms with Crippen molar-refractivity contribution >= 4 is 46.3 Å². The lowest BCUT2D eigenvalue weighted by Gasteiger charge is -2.38. The molecule has 10 rings (SSSR count). The lowest BCUT2D eigenvalue weighted by atomic mass is 9.83. The molecule has 5 aliphatic rings. The number of imide groups is 1. The normalized spacial score (nSPS) is 20.8. The molecule has 1 saturated carbocycles. The van der Waals surface area contributed by atoms with Crippen LogP contribution < -0.4 is 16.2 Å². The molecule has 342 valence electrons. The lowest BCUT2D eigenvalue weighted by molar-refractivity contribution is -0.136. The average molecular weight is 893 g/mol. The molecule has 1 aliphatic carbocycles. The summed E-state index contributed by atoms with van der Waals surface area (Å²) in [4.78, 5) is 88.7. The maximum absolute atomic E-state index is 13.6. The van der Waals surface area contributed by atoms with E-state index in [0.29, 0.717) is 72.2 Å². The van der Waals surface area contributed by atoms with Crippen molar-refractivity contribution in [1.29, 1.82) is 0 Å². The van der Waals surface area contributed by atoms with Gasteiger partial charge >= 0.3 is 0 Å². The Morgan fingerprint density at radius 1 is 0.864 bits per heavy atom. The van der Waals surface area contributed by atoms with Crippen molar-refractivity contribution in [2.24, 2.45) is 0 Å². The monoisotopic (exact) mass is 892 g/mol. The maximum atomic E-state index is 13.6. The zero-order chi connectivity index (χ0) is 45.7. The second-order valence-corrected chi connectivity index (χ2v) is 19.0. The van der Waals surface area contributed by atoms with Gasteiger partial charge in [-0.1, -0.05) is 37.1 Å². The number of hydrogen-bond donors (Lipinski definition) is 3. The third kappa shape index (κ3) is 8.53. The van der Waals surface area contributed by atoms with Crippen LogP contribution in [0.4, 0.5) is 11.8 Å². The Bertz CT molecular complexity index is 2770. The Hall–Kier alpha value is -6.23. The van der Waals surface area contributed by atoms with Crippen LogP contribution in [0, 0.1) is 6.92 Å². The van der Waals surface area contributed by atoms with Gasteiger partial charge < -0.3 is 15.3 Å². The standard InChI is InChI=1S/C50H56N10O6/c1-30-40-26-53-49(56-45(40)60(38-5-3-4-6-38)48(65)44(30)31(2)61)54-42-13-8-34(25-52-42)33-15-19-57(20-16-33)29-37-10-7-32(24-51-37)27-58-21-17-50(66,18-22-58)36-9-11-39-35(23-36)28-59(47(39)64)41-12-14-43(62)55-46(41)63/h7-11,13,23-26,33,38,41,66H,3-6,12,14-22,27-29H2,1-2H3,(H,55,62,63)(H,52,53,54,56). The number of nitrogens with zero attached hydrogens (tertiary/aromatic N) is 8. The summed E-state index contributed by atoms with van der Waals surface area (Å²) in [7, 11) is 0. The van der Waals surface area contributed by atoms with Gasteiger partial charge in [0, 0.05) is 74.7 Å². The molecule has 8 heterocycles. The fourth-order valence-corrected chi connectivity index (χ4v) is 10.9. The number of Topliss-reactive ketones (excluding diaryl/α,β-unsaturated/α-hetero) is 1. The van der Waals surface area contributed by atoms with E-state index in [2.05, 4.69) is 43.6 Å². The Balaban J connectivity index is 0.693. The molecule has 1 aromatic carbocycles. The van der Waals surface area contributed by atoms with Crippen LogP contribution >= 0.6 is 0 Å². The van der Waals surface area contributed by atoms with Gasteiger partial charge in [0.25, 0.3) is 11.5 Å². The molecule has 4 fully saturated rings. The van der Waals surface area contributed by atoms with Gasteiger partial charge in [0.2, 0.25) is 17.8 Å². The number of nitrogens with one attached hydrogen (secondary N) is 2. The number of fused-ring (bicyclic) bond motifs is 2. The minimum Gasteiger partial charge on any atom is -0.385 e. The van der Waals surface area contributed by atoms with Crippen molar-refractivity contribution in [2.45, 2.75) is 121 Å². The molecule has 4 aliphatic heterocycles. The Kier molecular flexibility index (Phi) is 11.8. The second-order valence-electron chi connectivity index (χ2n) is 19.0. The number of anilines is 2. The number of likely N-dealkylation sites (tertiary alicyclic amines) is 2. The zero-order valence-electron chi connectivity index (χ0n) is 37.6. The molecule has 0 spiro atoms. The van der Waals surface area contributed by atoms with Gasteiger partial charge in [-0.25, -0.2) is 9.97 Å². The van der Waals surface area contributed by atoms with Crippen LogP contribution in [0.2, 0.25) is 0 Å². The zero-order valence-corrected chi connectivity index (χ0v) is 37.6. The SMILES string of the molecule is CC(=O)c1c(C)c2cnc(Nc3ccc(C4CCN(Cc5ccc(CN6CCC(O)(c7ccc8c(c7)CN(C7CCC(=O)NC7=O)C8=O)CC6)cn5)CC4)cn3)nc2n(C2CCCC2)c1=O. The van der Waals surface area contributed by atoms with Crippen LogP contribution in [-0.2, 0) is 34.8 Å². The molecule has 5 aromatic rings. The molecule has 3 saturated heterocycles. The molecule has 1 unspecified atom stereocenters. The van der Waals surface area contributed by atoms with Crippen LogP contribution in [0.1, 0.15) is 137 Å². The number of hydrogen-bond acceptors (Lipinski definition) is 13. The first kappa shape index (κ1) is 43.7. The molecule has 3 N–H and O–H groups in total. The topological polar surface area (TPSA) is 196 Å². The van der Waals surface area contributed by atoms with E-state index in [0.717, 1.165) is 87.1 Å². The van der Waals surface area contributed by atoms with E-state index >= 15 is 0 Å². The summed E-state index contributed by atoms with van der Waals surface area (Å²) in [6.45, 7) is 8.42. The van der Waals surface area contributed by atoms with Crippen LogP contribution in [0.15, 0.2) is 65.8 Å². The molecule has 0 bridgehead atoms. The molecule has 0 radical (unpaired) electrons. The number of piperidine rings is 3. The fraction of sp³-hybridized carbons (Fsp3) is 0.460. The molecule has 3 amide bonds. The van der Waals surface area contributed by atoms with Gasteiger partial charge in [0.05, 0.1) is 16.9 Å². The molecular weight excluding hydrogens is 837 g/mol. The lowest BCUT2D eigenvalue weighted by Crippen LogP contribution is -2.52. The molecule has 4 aromatic heterocycles. The Morgan fingerprint density at radius 2 is 1.64 bits per heavy atom. The van der Waals surface area contributed by atoms with Crippen LogP contribution in [0.3, 0.4) is 0 Å². The predicted molar refractivity (Wildman–Crippen MR) is 246 cm³/mol. The van der Waals surface area contributed by atoms with Crippen LogP contribution in [-0.4, -0.2) is 100 Å². The number of aliphatic hydroxyl groups is 1. The van der Waals surface area contributed by atoms with E-state index in [1.165, 1.54) is 12.5 Å². The number of amides is 3. The summed E-state index contributed by atoms with van der Waals surface area (Å²) >= 11 is 0. The highest BCUT2D eigenvalue weighted by molar-refractivity contribution is 6.05. The number of carbonyl (C=O) groups is 4. The van der Waals surface area contributed by atoms with Crippen molar-refractivity contribution in [3.8, 4) is 0 Å². The summed E-state index contributed by atoms with van der Waals surface area (Å²) in [5, 5.41) is 18.1. The summed E-state index contributed by atoms with van der Waals surface area (Å²) in [5.74, 6) is 0.187. The average Bonchev–Trinajstić information content (AvgIpc) is 3.96. The number of rotatable bonds is 11. The highest BCUT2D eigenvalue weighted by Gasteiger charge is 2.41. The number of aryl methyl sites for hydroxylation is 1. The van der Waals surface area contributed by atoms with Crippen molar-refractivity contribution < 1.29 is 24.3 Å². The van der Waals surface area contributed by atoms with Gasteiger partial charge in [-0.3, -0.25) is 48.6 Å². The molecule has 66 heavy (non-hydrogen) atoms. The number of carbonyl (C=O) groups excluding carboxylic acids is 4.